The average Bonchev–Trinajstić information content (AvgIpc) is 2.95. The van der Waals surface area contributed by atoms with Crippen LogP contribution in [-0.2, 0) is 29.2 Å². The van der Waals surface area contributed by atoms with Crippen LogP contribution in [0.5, 0.6) is 0 Å². The Hall–Kier alpha value is -1.83. The van der Waals surface area contributed by atoms with Gasteiger partial charge in [-0.2, -0.15) is 0 Å². The fraction of sp³-hybridized carbons (Fsp3) is 0.643. The van der Waals surface area contributed by atoms with Gasteiger partial charge >= 0.3 is 13.9 Å². The highest BCUT2D eigenvalue weighted by Gasteiger charge is 2.16. The van der Waals surface area contributed by atoms with Gasteiger partial charge in [0.15, 0.2) is 11.2 Å². The van der Waals surface area contributed by atoms with Crippen LogP contribution in [0.1, 0.15) is 32.6 Å². The Bertz CT molecular complexity index is 838. The fourth-order valence-corrected chi connectivity index (χ4v) is 2.91. The second-order valence-electron chi connectivity index (χ2n) is 5.54. The molecule has 0 aromatic carbocycles. The Balaban J connectivity index is 2.18. The lowest BCUT2D eigenvalue weighted by molar-refractivity contribution is 0.273. The molecule has 0 aliphatic heterocycles. The van der Waals surface area contributed by atoms with E-state index < -0.39 is 8.25 Å². The van der Waals surface area contributed by atoms with E-state index in [1.54, 1.807) is 17.9 Å². The van der Waals surface area contributed by atoms with E-state index in [1.165, 1.54) is 9.13 Å². The monoisotopic (exact) mass is 357 g/mol. The van der Waals surface area contributed by atoms with Crippen molar-refractivity contribution in [1.29, 1.82) is 0 Å². The van der Waals surface area contributed by atoms with Crippen LogP contribution in [0.2, 0.25) is 0 Å². The molecule has 0 spiro atoms. The molecule has 2 aromatic rings. The molecule has 1 N–H and O–H groups in total. The second kappa shape index (κ2) is 8.32. The number of aromatic nitrogens is 4. The lowest BCUT2D eigenvalue weighted by Crippen LogP contribution is -2.39. The van der Waals surface area contributed by atoms with Crippen molar-refractivity contribution < 1.29 is 14.0 Å². The third kappa shape index (κ3) is 3.98. The largest absolute Gasteiger partial charge is 0.694 e. The van der Waals surface area contributed by atoms with E-state index in [2.05, 4.69) is 9.51 Å². The molecule has 0 radical (unpaired) electrons. The third-order valence-corrected chi connectivity index (χ3v) is 4.20. The van der Waals surface area contributed by atoms with E-state index in [-0.39, 0.29) is 17.9 Å². The number of imidazole rings is 1. The van der Waals surface area contributed by atoms with E-state index >= 15 is 0 Å². The quantitative estimate of drug-likeness (QED) is 0.533. The number of aryl methyl sites for hydroxylation is 2. The molecular formula is C14H22N4O5P+. The maximum atomic E-state index is 12.7. The standard InChI is InChI=1S/C14H21N4O5P/c1-3-7-17-10-15-12-11(17)13(19)18(14(20)16(12)2)8-5-4-6-9-23-24(21)22/h10H,3-9H2,1-2H3/p+1. The molecule has 0 aliphatic carbocycles. The summed E-state index contributed by atoms with van der Waals surface area (Å²) in [5.41, 5.74) is 0.132. The van der Waals surface area contributed by atoms with Crippen LogP contribution < -0.4 is 11.2 Å². The van der Waals surface area contributed by atoms with Gasteiger partial charge in [0.25, 0.3) is 5.56 Å². The molecule has 24 heavy (non-hydrogen) atoms. The van der Waals surface area contributed by atoms with E-state index in [0.29, 0.717) is 43.5 Å². The summed E-state index contributed by atoms with van der Waals surface area (Å²) in [6, 6.07) is 0. The SMILES string of the molecule is CCCn1cnc2c1c(=O)n(CCCCCO[P+](=O)O)c(=O)n2C. The minimum atomic E-state index is -2.57. The number of rotatable bonds is 9. The highest BCUT2D eigenvalue weighted by atomic mass is 31.1. The zero-order chi connectivity index (χ0) is 17.7. The first-order valence-corrected chi connectivity index (χ1v) is 9.04. The first kappa shape index (κ1) is 18.5. The van der Waals surface area contributed by atoms with E-state index in [4.69, 9.17) is 4.89 Å². The van der Waals surface area contributed by atoms with Crippen LogP contribution >= 0.6 is 8.25 Å². The summed E-state index contributed by atoms with van der Waals surface area (Å²) in [5, 5.41) is 0. The number of fused-ring (bicyclic) bond motifs is 1. The molecule has 0 aliphatic rings. The van der Waals surface area contributed by atoms with Crippen molar-refractivity contribution in [3.63, 3.8) is 0 Å². The van der Waals surface area contributed by atoms with Crippen molar-refractivity contribution in [3.05, 3.63) is 27.2 Å². The Labute approximate surface area is 139 Å². The summed E-state index contributed by atoms with van der Waals surface area (Å²) in [4.78, 5) is 37.7. The molecule has 0 bridgehead atoms. The Morgan fingerprint density at radius 1 is 1.25 bits per heavy atom. The Morgan fingerprint density at radius 2 is 2.00 bits per heavy atom. The number of unbranched alkanes of at least 4 members (excludes halogenated alkanes) is 2. The summed E-state index contributed by atoms with van der Waals surface area (Å²) >= 11 is 0. The molecule has 0 fully saturated rings. The van der Waals surface area contributed by atoms with Crippen molar-refractivity contribution in [2.24, 2.45) is 7.05 Å². The van der Waals surface area contributed by atoms with Crippen molar-refractivity contribution in [3.8, 4) is 0 Å². The van der Waals surface area contributed by atoms with Gasteiger partial charge in [-0.1, -0.05) is 6.92 Å². The van der Waals surface area contributed by atoms with E-state index in [1.807, 2.05) is 6.92 Å². The molecule has 2 aromatic heterocycles. The maximum absolute atomic E-state index is 12.7. The van der Waals surface area contributed by atoms with Crippen molar-refractivity contribution in [2.45, 2.75) is 45.7 Å². The number of nitrogens with zero attached hydrogens (tertiary/aromatic N) is 4. The number of hydrogen-bond acceptors (Lipinski definition) is 5. The minimum Gasteiger partial charge on any atom is -0.325 e. The molecule has 1 unspecified atom stereocenters. The molecule has 0 amide bonds. The predicted molar refractivity (Wildman–Crippen MR) is 89.2 cm³/mol. The van der Waals surface area contributed by atoms with Crippen LogP contribution in [0.4, 0.5) is 0 Å². The van der Waals surface area contributed by atoms with Gasteiger partial charge < -0.3 is 4.57 Å². The van der Waals surface area contributed by atoms with Crippen LogP contribution in [-0.4, -0.2) is 30.2 Å². The zero-order valence-corrected chi connectivity index (χ0v) is 14.7. The first-order chi connectivity index (χ1) is 11.5. The van der Waals surface area contributed by atoms with Crippen molar-refractivity contribution in [2.75, 3.05) is 6.61 Å². The lowest BCUT2D eigenvalue weighted by atomic mass is 10.2. The summed E-state index contributed by atoms with van der Waals surface area (Å²) in [6.45, 7) is 3.15. The highest BCUT2D eigenvalue weighted by molar-refractivity contribution is 7.32. The molecular weight excluding hydrogens is 335 g/mol. The normalized spacial score (nSPS) is 12.0. The number of hydrogen-bond donors (Lipinski definition) is 1. The smallest absolute Gasteiger partial charge is 0.325 e. The zero-order valence-electron chi connectivity index (χ0n) is 13.8. The molecule has 132 valence electrons. The third-order valence-electron chi connectivity index (χ3n) is 3.79. The van der Waals surface area contributed by atoms with Gasteiger partial charge in [-0.25, -0.2) is 9.78 Å². The topological polar surface area (TPSA) is 108 Å². The summed E-state index contributed by atoms with van der Waals surface area (Å²) < 4.78 is 19.4. The Kier molecular flexibility index (Phi) is 6.42. The van der Waals surface area contributed by atoms with E-state index in [9.17, 15) is 14.2 Å². The van der Waals surface area contributed by atoms with Crippen LogP contribution in [0.3, 0.4) is 0 Å². The lowest BCUT2D eigenvalue weighted by Gasteiger charge is -2.09. The summed E-state index contributed by atoms with van der Waals surface area (Å²) in [7, 11) is -0.963. The van der Waals surface area contributed by atoms with Crippen molar-refractivity contribution in [1.82, 2.24) is 18.7 Å². The van der Waals surface area contributed by atoms with Gasteiger partial charge in [-0.05, 0) is 25.7 Å². The van der Waals surface area contributed by atoms with Gasteiger partial charge in [0.1, 0.15) is 6.61 Å². The summed E-state index contributed by atoms with van der Waals surface area (Å²) in [5.74, 6) is 0. The molecule has 0 saturated heterocycles. The fourth-order valence-electron chi connectivity index (χ4n) is 2.62. The average molecular weight is 357 g/mol. The molecule has 1 atom stereocenters. The van der Waals surface area contributed by atoms with Crippen LogP contribution in [0.25, 0.3) is 11.2 Å². The summed E-state index contributed by atoms with van der Waals surface area (Å²) in [6.07, 6.45) is 4.33. The van der Waals surface area contributed by atoms with Crippen LogP contribution in [0, 0.1) is 0 Å². The van der Waals surface area contributed by atoms with Gasteiger partial charge in [0, 0.05) is 24.7 Å². The Morgan fingerprint density at radius 3 is 2.67 bits per heavy atom. The second-order valence-corrected chi connectivity index (χ2v) is 6.27. The first-order valence-electron chi connectivity index (χ1n) is 7.91. The highest BCUT2D eigenvalue weighted by Crippen LogP contribution is 2.15. The molecule has 2 heterocycles. The van der Waals surface area contributed by atoms with Crippen LogP contribution in [0.15, 0.2) is 15.9 Å². The molecule has 10 heteroatoms. The van der Waals surface area contributed by atoms with E-state index in [0.717, 1.165) is 6.42 Å². The predicted octanol–water partition coefficient (Wildman–Crippen LogP) is 1.14. The molecule has 9 nitrogen and oxygen atoms in total. The van der Waals surface area contributed by atoms with Gasteiger partial charge in [0.05, 0.1) is 6.33 Å². The van der Waals surface area contributed by atoms with Crippen molar-refractivity contribution >= 4 is 19.4 Å². The maximum Gasteiger partial charge on any atom is 0.694 e. The van der Waals surface area contributed by atoms with Gasteiger partial charge in [-0.15, -0.1) is 9.42 Å². The van der Waals surface area contributed by atoms with Gasteiger partial charge in [0.2, 0.25) is 0 Å². The van der Waals surface area contributed by atoms with Gasteiger partial charge in [-0.3, -0.25) is 13.9 Å². The molecule has 0 saturated carbocycles. The minimum absolute atomic E-state index is 0.181. The molecule has 2 rings (SSSR count).